The lowest BCUT2D eigenvalue weighted by Crippen LogP contribution is -2.15. The van der Waals surface area contributed by atoms with E-state index in [2.05, 4.69) is 30.3 Å². The minimum Gasteiger partial charge on any atom is -0.384 e. The van der Waals surface area contributed by atoms with Crippen LogP contribution in [0.3, 0.4) is 0 Å². The summed E-state index contributed by atoms with van der Waals surface area (Å²) in [7, 11) is 0. The van der Waals surface area contributed by atoms with Crippen LogP contribution >= 0.6 is 0 Å². The molecule has 0 saturated heterocycles. The molecule has 2 rings (SSSR count). The summed E-state index contributed by atoms with van der Waals surface area (Å²) in [5.74, 6) is 3.08. The molecule has 2 N–H and O–H groups in total. The van der Waals surface area contributed by atoms with Crippen molar-refractivity contribution >= 4 is 5.82 Å². The number of nitrogens with two attached hydrogens (primary N) is 1. The van der Waals surface area contributed by atoms with E-state index < -0.39 is 0 Å². The van der Waals surface area contributed by atoms with Crippen LogP contribution in [0.4, 0.5) is 5.82 Å². The van der Waals surface area contributed by atoms with Gasteiger partial charge in [0.25, 0.3) is 0 Å². The second-order valence-corrected chi connectivity index (χ2v) is 4.59. The highest BCUT2D eigenvalue weighted by Crippen LogP contribution is 2.32. The van der Waals surface area contributed by atoms with Crippen LogP contribution in [0.2, 0.25) is 0 Å². The van der Waals surface area contributed by atoms with Crippen molar-refractivity contribution in [2.75, 3.05) is 5.73 Å². The molecule has 0 aliphatic carbocycles. The van der Waals surface area contributed by atoms with Gasteiger partial charge in [-0.2, -0.15) is 0 Å². The van der Waals surface area contributed by atoms with Crippen molar-refractivity contribution in [1.29, 1.82) is 0 Å². The first kappa shape index (κ1) is 9.56. The number of aromatic nitrogens is 2. The standard InChI is InChI=1S/C11H19N3/c1-7(2)9-10(12)14-6-4-5-8(3)11(14)13-9/h7-8H,4-6,12H2,1-3H3. The number of imidazole rings is 1. The molecule has 1 aromatic heterocycles. The number of hydrogen-bond donors (Lipinski definition) is 1. The van der Waals surface area contributed by atoms with Gasteiger partial charge in [-0.25, -0.2) is 4.98 Å². The summed E-state index contributed by atoms with van der Waals surface area (Å²) in [5, 5.41) is 0. The normalized spacial score (nSPS) is 21.3. The zero-order valence-corrected chi connectivity index (χ0v) is 9.25. The van der Waals surface area contributed by atoms with Gasteiger partial charge in [0.05, 0.1) is 5.69 Å². The van der Waals surface area contributed by atoms with Crippen LogP contribution < -0.4 is 5.73 Å². The first-order valence-electron chi connectivity index (χ1n) is 5.47. The molecule has 78 valence electrons. The molecule has 0 bridgehead atoms. The predicted molar refractivity (Wildman–Crippen MR) is 58.4 cm³/mol. The van der Waals surface area contributed by atoms with Gasteiger partial charge in [-0.1, -0.05) is 20.8 Å². The number of fused-ring (bicyclic) bond motifs is 1. The van der Waals surface area contributed by atoms with Crippen LogP contribution in [0.5, 0.6) is 0 Å². The highest BCUT2D eigenvalue weighted by atomic mass is 15.2. The SMILES string of the molecule is CC(C)c1nc2n(c1N)CCCC2C. The zero-order chi connectivity index (χ0) is 10.3. The summed E-state index contributed by atoms with van der Waals surface area (Å²) in [6, 6.07) is 0. The molecule has 14 heavy (non-hydrogen) atoms. The van der Waals surface area contributed by atoms with Crippen molar-refractivity contribution in [3.63, 3.8) is 0 Å². The van der Waals surface area contributed by atoms with Crippen molar-refractivity contribution in [3.05, 3.63) is 11.5 Å². The summed E-state index contributed by atoms with van der Waals surface area (Å²) in [6.07, 6.45) is 2.47. The van der Waals surface area contributed by atoms with Crippen molar-refractivity contribution in [2.24, 2.45) is 0 Å². The van der Waals surface area contributed by atoms with E-state index in [1.807, 2.05) is 0 Å². The Morgan fingerprint density at radius 3 is 2.79 bits per heavy atom. The molecular weight excluding hydrogens is 174 g/mol. The lowest BCUT2D eigenvalue weighted by Gasteiger charge is -2.20. The van der Waals surface area contributed by atoms with Crippen molar-refractivity contribution in [2.45, 2.75) is 52.0 Å². The van der Waals surface area contributed by atoms with E-state index >= 15 is 0 Å². The third-order valence-electron chi connectivity index (χ3n) is 3.07. The van der Waals surface area contributed by atoms with Gasteiger partial charge in [0, 0.05) is 12.5 Å². The molecule has 3 nitrogen and oxygen atoms in total. The van der Waals surface area contributed by atoms with Crippen molar-refractivity contribution < 1.29 is 0 Å². The lowest BCUT2D eigenvalue weighted by molar-refractivity contribution is 0.467. The summed E-state index contributed by atoms with van der Waals surface area (Å²) in [4.78, 5) is 4.67. The smallest absolute Gasteiger partial charge is 0.127 e. The number of nitrogen functional groups attached to an aromatic ring is 1. The van der Waals surface area contributed by atoms with Gasteiger partial charge in [0.2, 0.25) is 0 Å². The Balaban J connectivity index is 2.49. The van der Waals surface area contributed by atoms with Gasteiger partial charge in [-0.15, -0.1) is 0 Å². The number of anilines is 1. The number of hydrogen-bond acceptors (Lipinski definition) is 2. The topological polar surface area (TPSA) is 43.8 Å². The molecule has 0 spiro atoms. The molecule has 0 fully saturated rings. The Kier molecular flexibility index (Phi) is 2.25. The molecule has 3 heteroatoms. The van der Waals surface area contributed by atoms with Gasteiger partial charge in [-0.05, 0) is 18.8 Å². The van der Waals surface area contributed by atoms with Gasteiger partial charge in [-0.3, -0.25) is 0 Å². The first-order chi connectivity index (χ1) is 6.61. The molecule has 1 atom stereocenters. The van der Waals surface area contributed by atoms with Crippen LogP contribution in [0.1, 0.15) is 57.0 Å². The average molecular weight is 193 g/mol. The van der Waals surface area contributed by atoms with Crippen LogP contribution in [-0.4, -0.2) is 9.55 Å². The molecule has 0 saturated carbocycles. The Bertz CT molecular complexity index is 339. The fourth-order valence-corrected chi connectivity index (χ4v) is 2.22. The Morgan fingerprint density at radius 1 is 1.50 bits per heavy atom. The van der Waals surface area contributed by atoms with Gasteiger partial charge in [0.1, 0.15) is 11.6 Å². The molecular formula is C11H19N3. The number of nitrogens with zero attached hydrogens (tertiary/aromatic N) is 2. The van der Waals surface area contributed by atoms with E-state index in [1.165, 1.54) is 18.7 Å². The highest BCUT2D eigenvalue weighted by molar-refractivity contribution is 5.41. The molecule has 0 radical (unpaired) electrons. The molecule has 1 aliphatic rings. The third-order valence-corrected chi connectivity index (χ3v) is 3.07. The maximum atomic E-state index is 6.09. The van der Waals surface area contributed by atoms with E-state index in [0.29, 0.717) is 11.8 Å². The molecule has 1 aromatic rings. The van der Waals surface area contributed by atoms with E-state index in [-0.39, 0.29) is 0 Å². The minimum atomic E-state index is 0.431. The van der Waals surface area contributed by atoms with Crippen molar-refractivity contribution in [1.82, 2.24) is 9.55 Å². The maximum Gasteiger partial charge on any atom is 0.127 e. The summed E-state index contributed by atoms with van der Waals surface area (Å²) >= 11 is 0. The van der Waals surface area contributed by atoms with E-state index in [1.54, 1.807) is 0 Å². The summed E-state index contributed by atoms with van der Waals surface area (Å²) in [6.45, 7) is 7.58. The van der Waals surface area contributed by atoms with Gasteiger partial charge in [0.15, 0.2) is 0 Å². The monoisotopic (exact) mass is 193 g/mol. The molecule has 0 aromatic carbocycles. The fraction of sp³-hybridized carbons (Fsp3) is 0.727. The van der Waals surface area contributed by atoms with Crippen LogP contribution in [0.15, 0.2) is 0 Å². The lowest BCUT2D eigenvalue weighted by atomic mass is 10.0. The van der Waals surface area contributed by atoms with Crippen LogP contribution in [0.25, 0.3) is 0 Å². The quantitative estimate of drug-likeness (QED) is 0.744. The third kappa shape index (κ3) is 1.31. The second kappa shape index (κ2) is 3.30. The Hall–Kier alpha value is -0.990. The predicted octanol–water partition coefficient (Wildman–Crippen LogP) is 2.49. The minimum absolute atomic E-state index is 0.431. The molecule has 1 unspecified atom stereocenters. The Morgan fingerprint density at radius 2 is 2.21 bits per heavy atom. The highest BCUT2D eigenvalue weighted by Gasteiger charge is 2.23. The van der Waals surface area contributed by atoms with E-state index in [0.717, 1.165) is 18.1 Å². The molecule has 2 heterocycles. The Labute approximate surface area is 85.3 Å². The first-order valence-corrected chi connectivity index (χ1v) is 5.47. The largest absolute Gasteiger partial charge is 0.384 e. The molecule has 1 aliphatic heterocycles. The average Bonchev–Trinajstić information content (AvgIpc) is 2.46. The van der Waals surface area contributed by atoms with Crippen LogP contribution in [0, 0.1) is 0 Å². The summed E-state index contributed by atoms with van der Waals surface area (Å²) < 4.78 is 2.20. The number of rotatable bonds is 1. The fourth-order valence-electron chi connectivity index (χ4n) is 2.22. The van der Waals surface area contributed by atoms with Crippen LogP contribution in [-0.2, 0) is 6.54 Å². The van der Waals surface area contributed by atoms with Crippen molar-refractivity contribution in [3.8, 4) is 0 Å². The summed E-state index contributed by atoms with van der Waals surface area (Å²) in [5.41, 5.74) is 7.17. The maximum absolute atomic E-state index is 6.09. The zero-order valence-electron chi connectivity index (χ0n) is 9.25. The molecule has 0 amide bonds. The van der Waals surface area contributed by atoms with Gasteiger partial charge >= 0.3 is 0 Å². The van der Waals surface area contributed by atoms with Gasteiger partial charge < -0.3 is 10.3 Å². The second-order valence-electron chi connectivity index (χ2n) is 4.59. The van der Waals surface area contributed by atoms with E-state index in [4.69, 9.17) is 5.73 Å². The van der Waals surface area contributed by atoms with E-state index in [9.17, 15) is 0 Å².